The zero-order valence-electron chi connectivity index (χ0n) is 16.4. The Morgan fingerprint density at radius 3 is 2.43 bits per heavy atom. The third-order valence-electron chi connectivity index (χ3n) is 5.40. The average Bonchev–Trinajstić information content (AvgIpc) is 2.69. The van der Waals surface area contributed by atoms with Crippen LogP contribution in [0, 0.1) is 12.8 Å². The molecule has 0 unspecified atom stereocenters. The van der Waals surface area contributed by atoms with Gasteiger partial charge >= 0.3 is 5.97 Å². The van der Waals surface area contributed by atoms with E-state index in [9.17, 15) is 13.2 Å². The lowest BCUT2D eigenvalue weighted by Crippen LogP contribution is -2.47. The van der Waals surface area contributed by atoms with Crippen molar-refractivity contribution in [2.45, 2.75) is 43.5 Å². The Morgan fingerprint density at radius 1 is 1.11 bits per heavy atom. The van der Waals surface area contributed by atoms with Gasteiger partial charge in [0.05, 0.1) is 12.0 Å². The molecule has 0 aromatic heterocycles. The normalized spacial score (nSPS) is 20.6. The molecule has 0 aliphatic carbocycles. The second-order valence-corrected chi connectivity index (χ2v) is 9.33. The van der Waals surface area contributed by atoms with Crippen LogP contribution < -0.4 is 0 Å². The molecule has 5 nitrogen and oxygen atoms in total. The highest BCUT2D eigenvalue weighted by Crippen LogP contribution is 2.32. The summed E-state index contributed by atoms with van der Waals surface area (Å²) in [4.78, 5) is 12.0. The number of nitrogens with zero attached hydrogens (tertiary/aromatic N) is 1. The number of rotatable bonds is 6. The molecule has 0 saturated carbocycles. The van der Waals surface area contributed by atoms with Crippen LogP contribution in [-0.4, -0.2) is 38.4 Å². The van der Waals surface area contributed by atoms with Crippen molar-refractivity contribution in [1.82, 2.24) is 4.31 Å². The summed E-state index contributed by atoms with van der Waals surface area (Å²) in [7, 11) is -2.20. The zero-order chi connectivity index (χ0) is 20.1. The highest BCUT2D eigenvalue weighted by molar-refractivity contribution is 7.89. The van der Waals surface area contributed by atoms with Crippen LogP contribution in [0.1, 0.15) is 30.4 Å². The van der Waals surface area contributed by atoms with Gasteiger partial charge in [0.2, 0.25) is 10.0 Å². The maximum atomic E-state index is 13.3. The topological polar surface area (TPSA) is 63.7 Å². The minimum absolute atomic E-state index is 0.130. The number of carbonyl (C=O) groups excluding carboxylic acids is 1. The van der Waals surface area contributed by atoms with E-state index in [0.29, 0.717) is 37.1 Å². The molecule has 28 heavy (non-hydrogen) atoms. The Morgan fingerprint density at radius 2 is 1.79 bits per heavy atom. The Balaban J connectivity index is 1.86. The Kier molecular flexibility index (Phi) is 6.52. The lowest BCUT2D eigenvalue weighted by Gasteiger charge is -2.38. The molecule has 3 rings (SSSR count). The van der Waals surface area contributed by atoms with Gasteiger partial charge in [-0.1, -0.05) is 48.0 Å². The van der Waals surface area contributed by atoms with E-state index in [1.165, 1.54) is 7.11 Å². The molecular formula is C22H27NO4S. The number of carbonyl (C=O) groups is 1. The van der Waals surface area contributed by atoms with Crippen molar-refractivity contribution in [3.8, 4) is 0 Å². The molecule has 150 valence electrons. The average molecular weight is 402 g/mol. The molecule has 2 aromatic carbocycles. The van der Waals surface area contributed by atoms with Crippen molar-refractivity contribution in [1.29, 1.82) is 0 Å². The van der Waals surface area contributed by atoms with Gasteiger partial charge in [-0.3, -0.25) is 4.79 Å². The number of benzene rings is 2. The van der Waals surface area contributed by atoms with Crippen LogP contribution in [0.2, 0.25) is 0 Å². The van der Waals surface area contributed by atoms with Gasteiger partial charge in [0.15, 0.2) is 0 Å². The van der Waals surface area contributed by atoms with Gasteiger partial charge in [0.1, 0.15) is 0 Å². The molecule has 2 atom stereocenters. The first-order chi connectivity index (χ1) is 13.4. The third kappa shape index (κ3) is 4.80. The van der Waals surface area contributed by atoms with E-state index in [1.54, 1.807) is 16.4 Å². The van der Waals surface area contributed by atoms with E-state index in [4.69, 9.17) is 4.74 Å². The van der Waals surface area contributed by atoms with Crippen LogP contribution in [-0.2, 0) is 26.0 Å². The Hall–Kier alpha value is -2.18. The first-order valence-electron chi connectivity index (χ1n) is 9.59. The van der Waals surface area contributed by atoms with Crippen LogP contribution in [0.15, 0.2) is 59.5 Å². The number of hydrogen-bond donors (Lipinski definition) is 0. The maximum absolute atomic E-state index is 13.3. The summed E-state index contributed by atoms with van der Waals surface area (Å²) in [5.74, 6) is -0.107. The molecule has 2 aromatic rings. The fraction of sp³-hybridized carbons (Fsp3) is 0.409. The molecule has 0 amide bonds. The van der Waals surface area contributed by atoms with Gasteiger partial charge in [0, 0.05) is 19.0 Å². The molecule has 1 aliphatic heterocycles. The fourth-order valence-corrected chi connectivity index (χ4v) is 5.50. The minimum atomic E-state index is -3.59. The number of hydrogen-bond acceptors (Lipinski definition) is 4. The summed E-state index contributed by atoms with van der Waals surface area (Å²) in [6, 6.07) is 16.7. The summed E-state index contributed by atoms with van der Waals surface area (Å²) < 4.78 is 33.1. The van der Waals surface area contributed by atoms with Crippen LogP contribution in [0.4, 0.5) is 0 Å². The molecule has 0 spiro atoms. The number of aryl methyl sites for hydroxylation is 1. The van der Waals surface area contributed by atoms with Gasteiger partial charge in [-0.15, -0.1) is 0 Å². The molecular weight excluding hydrogens is 374 g/mol. The highest BCUT2D eigenvalue weighted by atomic mass is 32.2. The summed E-state index contributed by atoms with van der Waals surface area (Å²) in [6.45, 7) is 2.35. The van der Waals surface area contributed by atoms with Gasteiger partial charge in [0.25, 0.3) is 0 Å². The molecule has 6 heteroatoms. The molecule has 0 N–H and O–H groups in total. The van der Waals surface area contributed by atoms with Crippen molar-refractivity contribution in [3.05, 3.63) is 65.7 Å². The van der Waals surface area contributed by atoms with Gasteiger partial charge in [-0.2, -0.15) is 4.31 Å². The van der Waals surface area contributed by atoms with Gasteiger partial charge in [-0.05, 0) is 49.8 Å². The van der Waals surface area contributed by atoms with E-state index < -0.39 is 10.0 Å². The van der Waals surface area contributed by atoms with E-state index >= 15 is 0 Å². The minimum Gasteiger partial charge on any atom is -0.469 e. The van der Waals surface area contributed by atoms with Crippen LogP contribution in [0.25, 0.3) is 0 Å². The van der Waals surface area contributed by atoms with E-state index in [1.807, 2.05) is 49.4 Å². The molecule has 1 saturated heterocycles. The van der Waals surface area contributed by atoms with Crippen molar-refractivity contribution in [2.75, 3.05) is 13.7 Å². The number of ether oxygens (including phenoxy) is 1. The summed E-state index contributed by atoms with van der Waals surface area (Å²) >= 11 is 0. The van der Waals surface area contributed by atoms with Crippen LogP contribution >= 0.6 is 0 Å². The molecule has 0 radical (unpaired) electrons. The van der Waals surface area contributed by atoms with E-state index in [2.05, 4.69) is 0 Å². The smallest absolute Gasteiger partial charge is 0.305 e. The maximum Gasteiger partial charge on any atom is 0.305 e. The third-order valence-corrected chi connectivity index (χ3v) is 7.36. The highest BCUT2D eigenvalue weighted by Gasteiger charge is 2.37. The lowest BCUT2D eigenvalue weighted by molar-refractivity contribution is -0.142. The first-order valence-corrected chi connectivity index (χ1v) is 11.0. The van der Waals surface area contributed by atoms with Gasteiger partial charge < -0.3 is 4.74 Å². The molecule has 1 heterocycles. The predicted molar refractivity (Wildman–Crippen MR) is 108 cm³/mol. The van der Waals surface area contributed by atoms with Crippen molar-refractivity contribution in [2.24, 2.45) is 5.92 Å². The number of esters is 1. The zero-order valence-corrected chi connectivity index (χ0v) is 17.2. The second kappa shape index (κ2) is 8.88. The number of piperidine rings is 1. The number of methoxy groups -OCH3 is 1. The lowest BCUT2D eigenvalue weighted by atomic mass is 9.87. The van der Waals surface area contributed by atoms with Gasteiger partial charge in [-0.25, -0.2) is 8.42 Å². The predicted octanol–water partition coefficient (Wildman–Crippen LogP) is 3.57. The van der Waals surface area contributed by atoms with Crippen LogP contribution in [0.3, 0.4) is 0 Å². The summed E-state index contributed by atoms with van der Waals surface area (Å²) in [5, 5.41) is 0. The van der Waals surface area contributed by atoms with E-state index in [0.717, 1.165) is 11.1 Å². The Labute approximate surface area is 167 Å². The fourth-order valence-electron chi connectivity index (χ4n) is 3.85. The molecule has 1 aliphatic rings. The Bertz CT molecular complexity index is 894. The summed E-state index contributed by atoms with van der Waals surface area (Å²) in [6.07, 6.45) is 2.27. The van der Waals surface area contributed by atoms with E-state index in [-0.39, 0.29) is 17.9 Å². The summed E-state index contributed by atoms with van der Waals surface area (Å²) in [5.41, 5.74) is 2.12. The first kappa shape index (κ1) is 20.6. The quantitative estimate of drug-likeness (QED) is 0.694. The standard InChI is InChI=1S/C22H27NO4S/c1-17-8-10-21(11-9-17)28(25,26)23-13-12-19(16-22(24)27-2)15-20(23)14-18-6-4-3-5-7-18/h3-11,19-20H,12-16H2,1-2H3/t19-,20+/m1/s1. The molecule has 1 fully saturated rings. The van der Waals surface area contributed by atoms with Crippen molar-refractivity contribution in [3.63, 3.8) is 0 Å². The SMILES string of the molecule is COC(=O)C[C@@H]1CCN(S(=O)(=O)c2ccc(C)cc2)[C@@H](Cc2ccccc2)C1. The molecule has 0 bridgehead atoms. The van der Waals surface area contributed by atoms with Crippen molar-refractivity contribution >= 4 is 16.0 Å². The second-order valence-electron chi connectivity index (χ2n) is 7.44. The number of sulfonamides is 1. The van der Waals surface area contributed by atoms with Crippen molar-refractivity contribution < 1.29 is 17.9 Å². The van der Waals surface area contributed by atoms with Crippen LogP contribution in [0.5, 0.6) is 0 Å². The monoisotopic (exact) mass is 401 g/mol. The largest absolute Gasteiger partial charge is 0.469 e.